The zero-order chi connectivity index (χ0) is 17.8. The van der Waals surface area contributed by atoms with Gasteiger partial charge in [0.15, 0.2) is 0 Å². The number of rotatable bonds is 6. The summed E-state index contributed by atoms with van der Waals surface area (Å²) in [6.45, 7) is 7.62. The van der Waals surface area contributed by atoms with Gasteiger partial charge in [0.05, 0.1) is 11.9 Å². The lowest BCUT2D eigenvalue weighted by Gasteiger charge is -2.36. The summed E-state index contributed by atoms with van der Waals surface area (Å²) < 4.78 is 2.18. The van der Waals surface area contributed by atoms with Gasteiger partial charge in [-0.1, -0.05) is 24.3 Å². The number of fused-ring (bicyclic) bond motifs is 1. The van der Waals surface area contributed by atoms with Gasteiger partial charge in [0, 0.05) is 57.7 Å². The zero-order valence-electron chi connectivity index (χ0n) is 15.5. The van der Waals surface area contributed by atoms with Crippen LogP contribution in [-0.2, 0) is 6.54 Å². The largest absolute Gasteiger partial charge is 0.369 e. The number of aromatic nitrogens is 2. The summed E-state index contributed by atoms with van der Waals surface area (Å²) in [6, 6.07) is 16.9. The van der Waals surface area contributed by atoms with Crippen LogP contribution < -0.4 is 4.90 Å². The topological polar surface area (TPSA) is 27.0 Å². The van der Waals surface area contributed by atoms with Crippen LogP contribution in [0.15, 0.2) is 60.9 Å². The Kier molecular flexibility index (Phi) is 5.18. The van der Waals surface area contributed by atoms with E-state index in [2.05, 4.69) is 79.8 Å². The lowest BCUT2D eigenvalue weighted by atomic mass is 10.2. The number of para-hydroxylation sites is 1. The van der Waals surface area contributed by atoms with Crippen molar-refractivity contribution in [2.45, 2.75) is 6.54 Å². The molecular formula is C21H27N5. The number of hydrogen-bond donors (Lipinski definition) is 0. The van der Waals surface area contributed by atoms with Crippen molar-refractivity contribution in [3.05, 3.63) is 66.6 Å². The van der Waals surface area contributed by atoms with E-state index in [1.807, 2.05) is 12.3 Å². The number of imidazole rings is 1. The highest BCUT2D eigenvalue weighted by atomic mass is 15.3. The predicted molar refractivity (Wildman–Crippen MR) is 107 cm³/mol. The van der Waals surface area contributed by atoms with Crippen molar-refractivity contribution in [3.63, 3.8) is 0 Å². The molecule has 0 saturated carbocycles. The fourth-order valence-electron chi connectivity index (χ4n) is 3.64. The van der Waals surface area contributed by atoms with E-state index < -0.39 is 0 Å². The second-order valence-corrected chi connectivity index (χ2v) is 7.08. The van der Waals surface area contributed by atoms with Crippen LogP contribution in [0.1, 0.15) is 5.69 Å². The molecule has 3 heterocycles. The van der Waals surface area contributed by atoms with Crippen molar-refractivity contribution in [2.75, 3.05) is 51.2 Å². The number of piperazine rings is 1. The molecule has 26 heavy (non-hydrogen) atoms. The fourth-order valence-corrected chi connectivity index (χ4v) is 3.64. The van der Waals surface area contributed by atoms with Crippen LogP contribution in [-0.4, -0.2) is 65.5 Å². The molecular weight excluding hydrogens is 322 g/mol. The molecule has 1 aliphatic heterocycles. The van der Waals surface area contributed by atoms with E-state index >= 15 is 0 Å². The molecule has 0 bridgehead atoms. The first-order chi connectivity index (χ1) is 12.8. The summed E-state index contributed by atoms with van der Waals surface area (Å²) in [4.78, 5) is 11.9. The van der Waals surface area contributed by atoms with Gasteiger partial charge >= 0.3 is 0 Å². The first-order valence-electron chi connectivity index (χ1n) is 9.41. The van der Waals surface area contributed by atoms with Gasteiger partial charge in [-0.05, 0) is 31.3 Å². The quantitative estimate of drug-likeness (QED) is 0.684. The Morgan fingerprint density at radius 2 is 1.73 bits per heavy atom. The van der Waals surface area contributed by atoms with Crippen molar-refractivity contribution in [3.8, 4) is 0 Å². The lowest BCUT2D eigenvalue weighted by Crippen LogP contribution is -2.48. The van der Waals surface area contributed by atoms with Gasteiger partial charge in [-0.2, -0.15) is 0 Å². The van der Waals surface area contributed by atoms with Crippen molar-refractivity contribution in [1.29, 1.82) is 0 Å². The highest BCUT2D eigenvalue weighted by Crippen LogP contribution is 2.15. The lowest BCUT2D eigenvalue weighted by molar-refractivity contribution is 0.211. The molecule has 3 aromatic rings. The molecule has 4 rings (SSSR count). The van der Waals surface area contributed by atoms with Crippen LogP contribution in [0.5, 0.6) is 0 Å². The molecule has 0 N–H and O–H groups in total. The molecule has 1 aromatic carbocycles. The van der Waals surface area contributed by atoms with Gasteiger partial charge in [-0.25, -0.2) is 4.98 Å². The van der Waals surface area contributed by atoms with E-state index in [0.717, 1.165) is 51.5 Å². The third kappa shape index (κ3) is 3.89. The molecule has 136 valence electrons. The van der Waals surface area contributed by atoms with Gasteiger partial charge in [0.25, 0.3) is 0 Å². The summed E-state index contributed by atoms with van der Waals surface area (Å²) in [7, 11) is 2.20. The Hall–Kier alpha value is -2.37. The number of hydrogen-bond acceptors (Lipinski definition) is 4. The minimum absolute atomic E-state index is 0.926. The summed E-state index contributed by atoms with van der Waals surface area (Å²) in [6.07, 6.45) is 4.08. The predicted octanol–water partition coefficient (Wildman–Crippen LogP) is 2.59. The van der Waals surface area contributed by atoms with E-state index in [1.54, 1.807) is 0 Å². The fraction of sp³-hybridized carbons (Fsp3) is 0.381. The maximum atomic E-state index is 4.48. The molecule has 1 fully saturated rings. The Balaban J connectivity index is 1.24. The molecule has 5 heteroatoms. The molecule has 1 saturated heterocycles. The molecule has 0 aliphatic carbocycles. The van der Waals surface area contributed by atoms with Gasteiger partial charge in [0.2, 0.25) is 0 Å². The average Bonchev–Trinajstić information content (AvgIpc) is 3.10. The minimum atomic E-state index is 0.926. The van der Waals surface area contributed by atoms with Crippen molar-refractivity contribution >= 4 is 11.3 Å². The molecule has 0 unspecified atom stereocenters. The van der Waals surface area contributed by atoms with Crippen molar-refractivity contribution < 1.29 is 0 Å². The zero-order valence-corrected chi connectivity index (χ0v) is 15.5. The number of anilines is 1. The Morgan fingerprint density at radius 1 is 0.962 bits per heavy atom. The second kappa shape index (κ2) is 7.89. The Bertz CT molecular complexity index is 821. The number of pyridine rings is 1. The summed E-state index contributed by atoms with van der Waals surface area (Å²) >= 11 is 0. The summed E-state index contributed by atoms with van der Waals surface area (Å²) in [5, 5.41) is 0. The number of nitrogens with zero attached hydrogens (tertiary/aromatic N) is 5. The molecule has 5 nitrogen and oxygen atoms in total. The molecule has 0 radical (unpaired) electrons. The van der Waals surface area contributed by atoms with E-state index in [-0.39, 0.29) is 0 Å². The number of likely N-dealkylation sites (N-methyl/N-ethyl adjacent to an activating group) is 1. The SMILES string of the molecule is CN(CCN1CCN(c2ccccc2)CC1)Cc1cnc2ccccn12. The van der Waals surface area contributed by atoms with E-state index in [9.17, 15) is 0 Å². The van der Waals surface area contributed by atoms with Crippen LogP contribution in [0.2, 0.25) is 0 Å². The van der Waals surface area contributed by atoms with Crippen LogP contribution in [0, 0.1) is 0 Å². The highest BCUT2D eigenvalue weighted by molar-refractivity contribution is 5.46. The van der Waals surface area contributed by atoms with Gasteiger partial charge in [-0.3, -0.25) is 9.80 Å². The van der Waals surface area contributed by atoms with Gasteiger partial charge < -0.3 is 9.30 Å². The summed E-state index contributed by atoms with van der Waals surface area (Å²) in [5.74, 6) is 0. The van der Waals surface area contributed by atoms with Crippen LogP contribution in [0.25, 0.3) is 5.65 Å². The molecule has 0 amide bonds. The van der Waals surface area contributed by atoms with E-state index in [4.69, 9.17) is 0 Å². The Labute approximate surface area is 155 Å². The number of benzene rings is 1. The van der Waals surface area contributed by atoms with Crippen LogP contribution in [0.4, 0.5) is 5.69 Å². The van der Waals surface area contributed by atoms with Crippen molar-refractivity contribution in [1.82, 2.24) is 19.2 Å². The van der Waals surface area contributed by atoms with Gasteiger partial charge in [0.1, 0.15) is 5.65 Å². The molecule has 1 aliphatic rings. The second-order valence-electron chi connectivity index (χ2n) is 7.08. The molecule has 2 aromatic heterocycles. The maximum Gasteiger partial charge on any atom is 0.136 e. The van der Waals surface area contributed by atoms with Gasteiger partial charge in [-0.15, -0.1) is 0 Å². The molecule has 0 spiro atoms. The first kappa shape index (κ1) is 17.1. The smallest absolute Gasteiger partial charge is 0.136 e. The Morgan fingerprint density at radius 3 is 2.54 bits per heavy atom. The third-order valence-electron chi connectivity index (χ3n) is 5.22. The van der Waals surface area contributed by atoms with Crippen molar-refractivity contribution in [2.24, 2.45) is 0 Å². The van der Waals surface area contributed by atoms with E-state index in [0.29, 0.717) is 0 Å². The third-order valence-corrected chi connectivity index (χ3v) is 5.22. The monoisotopic (exact) mass is 349 g/mol. The minimum Gasteiger partial charge on any atom is -0.369 e. The maximum absolute atomic E-state index is 4.48. The normalized spacial score (nSPS) is 15.8. The standard InChI is InChI=1S/C21H27N5/c1-23(18-20-17-22-21-9-5-6-10-26(20)21)11-12-24-13-15-25(16-14-24)19-7-3-2-4-8-19/h2-10,17H,11-16,18H2,1H3. The summed E-state index contributed by atoms with van der Waals surface area (Å²) in [5.41, 5.74) is 3.61. The van der Waals surface area contributed by atoms with E-state index in [1.165, 1.54) is 11.4 Å². The molecule has 0 atom stereocenters. The van der Waals surface area contributed by atoms with Crippen LogP contribution >= 0.6 is 0 Å². The first-order valence-corrected chi connectivity index (χ1v) is 9.41. The average molecular weight is 349 g/mol. The van der Waals surface area contributed by atoms with Crippen LogP contribution in [0.3, 0.4) is 0 Å². The highest BCUT2D eigenvalue weighted by Gasteiger charge is 2.17.